The van der Waals surface area contributed by atoms with Crippen LogP contribution in [0.2, 0.25) is 0 Å². The van der Waals surface area contributed by atoms with Crippen molar-refractivity contribution < 1.29 is 4.74 Å². The smallest absolute Gasteiger partial charge is 0.142 e. The average Bonchev–Trinajstić information content (AvgIpc) is 2.41. The van der Waals surface area contributed by atoms with E-state index >= 15 is 0 Å². The van der Waals surface area contributed by atoms with E-state index in [-0.39, 0.29) is 0 Å². The van der Waals surface area contributed by atoms with Crippen LogP contribution in [-0.2, 0) is 6.42 Å². The quantitative estimate of drug-likeness (QED) is 0.855. The zero-order valence-corrected chi connectivity index (χ0v) is 11.6. The van der Waals surface area contributed by atoms with E-state index < -0.39 is 0 Å². The normalized spacial score (nSPS) is 10.4. The number of H-pyrrole nitrogens is 1. The molecular formula is C14H16N2OS. The number of hydrogen-bond donors (Lipinski definition) is 1. The summed E-state index contributed by atoms with van der Waals surface area (Å²) in [5.74, 6) is 1.56. The third-order valence-electron chi connectivity index (χ3n) is 2.97. The first-order chi connectivity index (χ1) is 8.67. The molecule has 0 unspecified atom stereocenters. The summed E-state index contributed by atoms with van der Waals surface area (Å²) in [6.07, 6.45) is 0.903. The first-order valence-electron chi connectivity index (χ1n) is 5.90. The maximum absolute atomic E-state index is 5.35. The van der Waals surface area contributed by atoms with Gasteiger partial charge in [-0.1, -0.05) is 31.3 Å². The first-order valence-corrected chi connectivity index (χ1v) is 6.31. The zero-order valence-electron chi connectivity index (χ0n) is 10.8. The number of aryl methyl sites for hydroxylation is 1. The topological polar surface area (TPSA) is 37.9 Å². The maximum atomic E-state index is 5.35. The van der Waals surface area contributed by atoms with Gasteiger partial charge in [-0.05, 0) is 25.5 Å². The van der Waals surface area contributed by atoms with Gasteiger partial charge in [-0.25, -0.2) is 4.98 Å². The third kappa shape index (κ3) is 2.29. The van der Waals surface area contributed by atoms with E-state index in [1.165, 1.54) is 0 Å². The Balaban J connectivity index is 2.64. The van der Waals surface area contributed by atoms with Gasteiger partial charge in [-0.2, -0.15) is 0 Å². The van der Waals surface area contributed by atoms with Crippen molar-refractivity contribution in [3.05, 3.63) is 40.2 Å². The van der Waals surface area contributed by atoms with Gasteiger partial charge in [0.1, 0.15) is 16.2 Å². The summed E-state index contributed by atoms with van der Waals surface area (Å²) in [6, 6.07) is 7.79. The van der Waals surface area contributed by atoms with E-state index in [1.807, 2.05) is 31.2 Å². The lowest BCUT2D eigenvalue weighted by atomic mass is 10.1. The van der Waals surface area contributed by atoms with Crippen LogP contribution in [-0.4, -0.2) is 17.1 Å². The number of nitrogens with one attached hydrogen (secondary N) is 1. The molecule has 0 atom stereocenters. The molecule has 1 aromatic carbocycles. The van der Waals surface area contributed by atoms with E-state index in [4.69, 9.17) is 17.0 Å². The Hall–Kier alpha value is -1.68. The van der Waals surface area contributed by atoms with Gasteiger partial charge >= 0.3 is 0 Å². The van der Waals surface area contributed by atoms with E-state index in [1.54, 1.807) is 7.11 Å². The summed E-state index contributed by atoms with van der Waals surface area (Å²) < 4.78 is 5.99. The number of benzene rings is 1. The molecule has 0 fully saturated rings. The van der Waals surface area contributed by atoms with Crippen molar-refractivity contribution in [3.8, 4) is 17.1 Å². The lowest BCUT2D eigenvalue weighted by Crippen LogP contribution is -2.00. The number of methoxy groups -OCH3 is 1. The molecule has 18 heavy (non-hydrogen) atoms. The molecule has 94 valence electrons. The molecule has 0 amide bonds. The molecule has 1 aromatic heterocycles. The Bertz CT molecular complexity index is 619. The number of ether oxygens (including phenoxy) is 1. The summed E-state index contributed by atoms with van der Waals surface area (Å²) in [5.41, 5.74) is 3.10. The fraction of sp³-hybridized carbons (Fsp3) is 0.286. The highest BCUT2D eigenvalue weighted by Crippen LogP contribution is 2.27. The van der Waals surface area contributed by atoms with Crippen molar-refractivity contribution in [2.75, 3.05) is 7.11 Å². The third-order valence-corrected chi connectivity index (χ3v) is 3.37. The molecule has 2 aromatic rings. The van der Waals surface area contributed by atoms with Crippen molar-refractivity contribution in [2.45, 2.75) is 20.3 Å². The van der Waals surface area contributed by atoms with Crippen LogP contribution in [0.15, 0.2) is 24.3 Å². The average molecular weight is 260 g/mol. The van der Waals surface area contributed by atoms with Gasteiger partial charge in [0.05, 0.1) is 12.7 Å². The van der Waals surface area contributed by atoms with Crippen LogP contribution >= 0.6 is 12.2 Å². The highest BCUT2D eigenvalue weighted by atomic mass is 32.1. The summed E-state index contributed by atoms with van der Waals surface area (Å²) >= 11 is 5.30. The zero-order chi connectivity index (χ0) is 13.1. The van der Waals surface area contributed by atoms with Crippen molar-refractivity contribution >= 4 is 12.2 Å². The standard InChI is InChI=1S/C14H16N2OS/c1-4-11-9(2)14(18)16-13(15-11)10-7-5-6-8-12(10)17-3/h5-8H,4H2,1-3H3,(H,15,16,18). The van der Waals surface area contributed by atoms with Gasteiger partial charge in [0.15, 0.2) is 0 Å². The number of rotatable bonds is 3. The SMILES string of the molecule is CCc1[nH]c(-c2ccccc2OC)nc(=S)c1C. The fourth-order valence-electron chi connectivity index (χ4n) is 1.90. The molecule has 1 N–H and O–H groups in total. The lowest BCUT2D eigenvalue weighted by Gasteiger charge is -2.10. The van der Waals surface area contributed by atoms with E-state index in [9.17, 15) is 0 Å². The van der Waals surface area contributed by atoms with Gasteiger partial charge < -0.3 is 9.72 Å². The summed E-state index contributed by atoms with van der Waals surface area (Å²) in [4.78, 5) is 7.78. The molecule has 0 saturated heterocycles. The van der Waals surface area contributed by atoms with Gasteiger partial charge in [0, 0.05) is 11.3 Å². The predicted molar refractivity (Wildman–Crippen MR) is 75.5 cm³/mol. The molecule has 0 radical (unpaired) electrons. The molecule has 3 nitrogen and oxygen atoms in total. The fourth-order valence-corrected chi connectivity index (χ4v) is 2.11. The summed E-state index contributed by atoms with van der Waals surface area (Å²) in [5, 5.41) is 0. The Morgan fingerprint density at radius 2 is 2.06 bits per heavy atom. The second-order valence-corrected chi connectivity index (χ2v) is 4.43. The van der Waals surface area contributed by atoms with Gasteiger partial charge in [-0.3, -0.25) is 0 Å². The van der Waals surface area contributed by atoms with Crippen molar-refractivity contribution in [1.29, 1.82) is 0 Å². The predicted octanol–water partition coefficient (Wildman–Crippen LogP) is 3.69. The number of para-hydroxylation sites is 1. The van der Waals surface area contributed by atoms with Crippen LogP contribution in [0.5, 0.6) is 5.75 Å². The second-order valence-electron chi connectivity index (χ2n) is 4.05. The van der Waals surface area contributed by atoms with Crippen LogP contribution in [0.1, 0.15) is 18.2 Å². The molecule has 0 bridgehead atoms. The molecule has 1 heterocycles. The van der Waals surface area contributed by atoms with Crippen LogP contribution in [0.3, 0.4) is 0 Å². The Labute approximate surface area is 112 Å². The van der Waals surface area contributed by atoms with E-state index in [0.29, 0.717) is 4.64 Å². The Kier molecular flexibility index (Phi) is 3.77. The Morgan fingerprint density at radius 1 is 1.33 bits per heavy atom. The van der Waals surface area contributed by atoms with Gasteiger partial charge in [-0.15, -0.1) is 0 Å². The van der Waals surface area contributed by atoms with Crippen molar-refractivity contribution in [2.24, 2.45) is 0 Å². The molecule has 2 rings (SSSR count). The molecule has 4 heteroatoms. The number of aromatic nitrogens is 2. The van der Waals surface area contributed by atoms with E-state index in [2.05, 4.69) is 16.9 Å². The largest absolute Gasteiger partial charge is 0.496 e. The second kappa shape index (κ2) is 5.31. The lowest BCUT2D eigenvalue weighted by molar-refractivity contribution is 0.416. The van der Waals surface area contributed by atoms with Crippen LogP contribution < -0.4 is 4.74 Å². The van der Waals surface area contributed by atoms with Crippen LogP contribution in [0, 0.1) is 11.6 Å². The monoisotopic (exact) mass is 260 g/mol. The van der Waals surface area contributed by atoms with Crippen molar-refractivity contribution in [1.82, 2.24) is 9.97 Å². The molecule has 0 aliphatic heterocycles. The van der Waals surface area contributed by atoms with E-state index in [0.717, 1.165) is 34.8 Å². The maximum Gasteiger partial charge on any atom is 0.142 e. The van der Waals surface area contributed by atoms with Crippen LogP contribution in [0.25, 0.3) is 11.4 Å². The highest BCUT2D eigenvalue weighted by Gasteiger charge is 2.09. The summed E-state index contributed by atoms with van der Waals surface area (Å²) in [7, 11) is 1.66. The summed E-state index contributed by atoms with van der Waals surface area (Å²) in [6.45, 7) is 4.09. The van der Waals surface area contributed by atoms with Crippen molar-refractivity contribution in [3.63, 3.8) is 0 Å². The van der Waals surface area contributed by atoms with Crippen LogP contribution in [0.4, 0.5) is 0 Å². The molecule has 0 spiro atoms. The molecular weight excluding hydrogens is 244 g/mol. The molecule has 0 aliphatic rings. The number of hydrogen-bond acceptors (Lipinski definition) is 3. The number of aromatic amines is 1. The Morgan fingerprint density at radius 3 is 2.72 bits per heavy atom. The minimum absolute atomic E-state index is 0.645. The number of nitrogens with zero attached hydrogens (tertiary/aromatic N) is 1. The first kappa shape index (κ1) is 12.8. The van der Waals surface area contributed by atoms with Gasteiger partial charge in [0.25, 0.3) is 0 Å². The molecule has 0 aliphatic carbocycles. The minimum Gasteiger partial charge on any atom is -0.496 e. The molecule has 0 saturated carbocycles. The highest BCUT2D eigenvalue weighted by molar-refractivity contribution is 7.71. The minimum atomic E-state index is 0.645. The van der Waals surface area contributed by atoms with Gasteiger partial charge in [0.2, 0.25) is 0 Å².